The van der Waals surface area contributed by atoms with Gasteiger partial charge < -0.3 is 23.8 Å². The summed E-state index contributed by atoms with van der Waals surface area (Å²) in [5, 5.41) is 2.84. The van der Waals surface area contributed by atoms with Gasteiger partial charge in [-0.25, -0.2) is 13.1 Å². The summed E-state index contributed by atoms with van der Waals surface area (Å²) in [4.78, 5) is 2.40. The fourth-order valence-electron chi connectivity index (χ4n) is 4.86. The van der Waals surface area contributed by atoms with Gasteiger partial charge >= 0.3 is 0 Å². The fourth-order valence-corrected chi connectivity index (χ4v) is 6.34. The number of likely N-dealkylation sites (N-methyl/N-ethyl adjacent to an activating group) is 1. The zero-order valence-corrected chi connectivity index (χ0v) is 21.6. The van der Waals surface area contributed by atoms with E-state index >= 15 is 0 Å². The average Bonchev–Trinajstić information content (AvgIpc) is 2.80. The van der Waals surface area contributed by atoms with Crippen LogP contribution in [0.25, 0.3) is 21.5 Å². The van der Waals surface area contributed by atoms with Gasteiger partial charge in [0.2, 0.25) is 10.0 Å². The zero-order chi connectivity index (χ0) is 24.8. The van der Waals surface area contributed by atoms with E-state index in [4.69, 9.17) is 18.9 Å². The monoisotopic (exact) mass is 488 g/mol. The van der Waals surface area contributed by atoms with Gasteiger partial charge in [0, 0.05) is 35.5 Å². The second-order valence-electron chi connectivity index (χ2n) is 8.84. The van der Waals surface area contributed by atoms with Crippen LogP contribution >= 0.6 is 0 Å². The largest absolute Gasteiger partial charge is 0.493 e. The second kappa shape index (κ2) is 9.13. The predicted molar refractivity (Wildman–Crippen MR) is 133 cm³/mol. The Morgan fingerprint density at radius 2 is 1.47 bits per heavy atom. The van der Waals surface area contributed by atoms with Crippen LogP contribution in [0.1, 0.15) is 25.0 Å². The van der Waals surface area contributed by atoms with Crippen molar-refractivity contribution in [3.8, 4) is 23.0 Å². The van der Waals surface area contributed by atoms with Gasteiger partial charge in [0.25, 0.3) is 0 Å². The van der Waals surface area contributed by atoms with Crippen LogP contribution in [0.15, 0.2) is 23.1 Å². The number of sulfonamides is 1. The summed E-state index contributed by atoms with van der Waals surface area (Å²) < 4.78 is 52.6. The smallest absolute Gasteiger partial charge is 0.241 e. The number of methoxy groups -OCH3 is 4. The van der Waals surface area contributed by atoms with Gasteiger partial charge in [-0.1, -0.05) is 0 Å². The van der Waals surface area contributed by atoms with Gasteiger partial charge in [0.05, 0.1) is 33.3 Å². The number of ether oxygens (including phenoxy) is 4. The molecular weight excluding hydrogens is 456 g/mol. The summed E-state index contributed by atoms with van der Waals surface area (Å²) in [5.74, 6) is 2.19. The Kier molecular flexibility index (Phi) is 6.54. The predicted octanol–water partition coefficient (Wildman–Crippen LogP) is 3.70. The summed E-state index contributed by atoms with van der Waals surface area (Å²) in [7, 11) is 4.56. The van der Waals surface area contributed by atoms with Crippen LogP contribution < -0.4 is 23.7 Å². The van der Waals surface area contributed by atoms with Crippen LogP contribution in [0.5, 0.6) is 23.0 Å². The van der Waals surface area contributed by atoms with E-state index in [0.29, 0.717) is 40.3 Å². The summed E-state index contributed by atoms with van der Waals surface area (Å²) in [5.41, 5.74) is 2.09. The van der Waals surface area contributed by atoms with E-state index < -0.39 is 10.0 Å². The summed E-state index contributed by atoms with van der Waals surface area (Å²) >= 11 is 0. The Balaban J connectivity index is 2.27. The molecule has 0 radical (unpaired) electrons. The van der Waals surface area contributed by atoms with Gasteiger partial charge in [0.15, 0.2) is 23.0 Å². The van der Waals surface area contributed by atoms with Crippen molar-refractivity contribution in [3.63, 3.8) is 0 Å². The Morgan fingerprint density at radius 1 is 0.853 bits per heavy atom. The van der Waals surface area contributed by atoms with Crippen molar-refractivity contribution < 1.29 is 27.4 Å². The molecule has 34 heavy (non-hydrogen) atoms. The Morgan fingerprint density at radius 3 is 2.03 bits per heavy atom. The molecule has 0 aliphatic carbocycles. The lowest BCUT2D eigenvalue weighted by atomic mass is 9.89. The van der Waals surface area contributed by atoms with Crippen molar-refractivity contribution in [2.75, 3.05) is 42.0 Å². The third-order valence-electron chi connectivity index (χ3n) is 6.26. The normalized spacial score (nSPS) is 14.5. The number of rotatable bonds is 7. The maximum Gasteiger partial charge on any atom is 0.241 e. The lowest BCUT2D eigenvalue weighted by molar-refractivity contribution is 0.296. The van der Waals surface area contributed by atoms with Crippen molar-refractivity contribution in [2.24, 2.45) is 0 Å². The molecule has 1 aliphatic rings. The molecule has 184 valence electrons. The quantitative estimate of drug-likeness (QED) is 0.508. The first kappa shape index (κ1) is 24.4. The molecule has 4 rings (SSSR count). The molecule has 0 spiro atoms. The summed E-state index contributed by atoms with van der Waals surface area (Å²) in [6.45, 7) is 5.14. The molecule has 0 bridgehead atoms. The molecule has 0 saturated heterocycles. The lowest BCUT2D eigenvalue weighted by Crippen LogP contribution is -2.30. The first-order chi connectivity index (χ1) is 16.2. The molecule has 0 fully saturated rings. The van der Waals surface area contributed by atoms with E-state index in [1.54, 1.807) is 47.3 Å². The van der Waals surface area contributed by atoms with Crippen molar-refractivity contribution in [1.82, 2.24) is 9.62 Å². The summed E-state index contributed by atoms with van der Waals surface area (Å²) in [6, 6.07) is 5.03. The highest BCUT2D eigenvalue weighted by Gasteiger charge is 2.30. The minimum atomic E-state index is -3.82. The van der Waals surface area contributed by atoms with Crippen LogP contribution in [0.2, 0.25) is 0 Å². The first-order valence-corrected chi connectivity index (χ1v) is 12.6. The Labute approximate surface area is 200 Å². The topological polar surface area (TPSA) is 86.3 Å². The van der Waals surface area contributed by atoms with Gasteiger partial charge in [-0.05, 0) is 61.9 Å². The third kappa shape index (κ3) is 3.91. The second-order valence-corrected chi connectivity index (χ2v) is 10.5. The molecule has 3 aromatic rings. The molecule has 0 atom stereocenters. The minimum absolute atomic E-state index is 0.193. The van der Waals surface area contributed by atoms with Gasteiger partial charge in [-0.3, -0.25) is 0 Å². The minimum Gasteiger partial charge on any atom is -0.493 e. The van der Waals surface area contributed by atoms with E-state index in [0.717, 1.165) is 34.9 Å². The van der Waals surface area contributed by atoms with Crippen LogP contribution in [-0.4, -0.2) is 61.4 Å². The Hall–Kier alpha value is -2.75. The SMILES string of the molecule is COc1cc2c(S(=O)(=O)NC(C)C)cc3c4c(c(OC)c(OC)c3c2cc1OC)CN(C)CC4. The zero-order valence-electron chi connectivity index (χ0n) is 20.7. The number of hydrogen-bond donors (Lipinski definition) is 1. The van der Waals surface area contributed by atoms with Crippen LogP contribution in [-0.2, 0) is 23.0 Å². The maximum absolute atomic E-state index is 13.5. The number of hydrogen-bond acceptors (Lipinski definition) is 7. The number of fused-ring (bicyclic) bond motifs is 5. The Bertz CT molecular complexity index is 1370. The molecule has 3 aromatic carbocycles. The van der Waals surface area contributed by atoms with Crippen molar-refractivity contribution in [3.05, 3.63) is 29.3 Å². The number of nitrogens with one attached hydrogen (secondary N) is 1. The molecule has 0 aromatic heterocycles. The first-order valence-electron chi connectivity index (χ1n) is 11.2. The summed E-state index contributed by atoms with van der Waals surface area (Å²) in [6.07, 6.45) is 0.762. The molecular formula is C25H32N2O6S. The maximum atomic E-state index is 13.5. The molecule has 1 aliphatic heterocycles. The molecule has 9 heteroatoms. The molecule has 8 nitrogen and oxygen atoms in total. The molecule has 0 saturated carbocycles. The number of benzene rings is 3. The molecule has 1 N–H and O–H groups in total. The highest BCUT2D eigenvalue weighted by atomic mass is 32.2. The van der Waals surface area contributed by atoms with Gasteiger partial charge in [0.1, 0.15) is 0 Å². The van der Waals surface area contributed by atoms with E-state index in [1.165, 1.54) is 7.11 Å². The van der Waals surface area contributed by atoms with E-state index in [2.05, 4.69) is 16.7 Å². The van der Waals surface area contributed by atoms with Crippen molar-refractivity contribution in [1.29, 1.82) is 0 Å². The highest BCUT2D eigenvalue weighted by Crippen LogP contribution is 2.49. The van der Waals surface area contributed by atoms with Gasteiger partial charge in [-0.15, -0.1) is 0 Å². The molecule has 0 unspecified atom stereocenters. The number of nitrogens with zero attached hydrogens (tertiary/aromatic N) is 1. The van der Waals surface area contributed by atoms with Crippen LogP contribution in [0.3, 0.4) is 0 Å². The van der Waals surface area contributed by atoms with E-state index in [1.807, 2.05) is 6.07 Å². The van der Waals surface area contributed by atoms with Gasteiger partial charge in [-0.2, -0.15) is 0 Å². The van der Waals surface area contributed by atoms with E-state index in [9.17, 15) is 8.42 Å². The highest BCUT2D eigenvalue weighted by molar-refractivity contribution is 7.89. The van der Waals surface area contributed by atoms with Crippen LogP contribution in [0, 0.1) is 0 Å². The molecule has 1 heterocycles. The molecule has 0 amide bonds. The third-order valence-corrected chi connectivity index (χ3v) is 7.96. The van der Waals surface area contributed by atoms with Crippen molar-refractivity contribution >= 4 is 31.6 Å². The van der Waals surface area contributed by atoms with Crippen LogP contribution in [0.4, 0.5) is 0 Å². The average molecular weight is 489 g/mol. The lowest BCUT2D eigenvalue weighted by Gasteiger charge is -2.30. The standard InChI is InChI=1S/C25H32N2O6S/c1-14(2)26-34(28,29)22-12-18-15-8-9-27(3)13-19(15)24(32-6)25(33-7)23(18)17-11-21(31-5)20(30-4)10-16(17)22/h10-12,14,26H,8-9,13H2,1-7H3. The van der Waals surface area contributed by atoms with Crippen molar-refractivity contribution in [2.45, 2.75) is 37.8 Å². The van der Waals surface area contributed by atoms with E-state index in [-0.39, 0.29) is 10.9 Å². The fraction of sp³-hybridized carbons (Fsp3) is 0.440.